The molecule has 116 valence electrons. The van der Waals surface area contributed by atoms with Gasteiger partial charge in [-0.05, 0) is 47.0 Å². The first-order chi connectivity index (χ1) is 9.24. The van der Waals surface area contributed by atoms with Crippen molar-refractivity contribution in [2.24, 2.45) is 5.92 Å². The first-order valence-corrected chi connectivity index (χ1v) is 7.09. The summed E-state index contributed by atoms with van der Waals surface area (Å²) in [5.74, 6) is -0.904. The number of hydrogen-bond acceptors (Lipinski definition) is 5. The number of amides is 1. The summed E-state index contributed by atoms with van der Waals surface area (Å²) in [5, 5.41) is 12.6. The lowest BCUT2D eigenvalue weighted by Crippen LogP contribution is -2.53. The summed E-state index contributed by atoms with van der Waals surface area (Å²) in [5.41, 5.74) is -0.622. The van der Waals surface area contributed by atoms with E-state index in [1.165, 1.54) is 0 Å². The molecule has 6 heteroatoms. The number of ether oxygens (including phenoxy) is 2. The van der Waals surface area contributed by atoms with E-state index in [9.17, 15) is 14.7 Å². The predicted octanol–water partition coefficient (Wildman–Crippen LogP) is 1.60. The van der Waals surface area contributed by atoms with E-state index < -0.39 is 29.8 Å². The third-order valence-corrected chi connectivity index (χ3v) is 3.14. The fourth-order valence-electron chi connectivity index (χ4n) is 2.33. The van der Waals surface area contributed by atoms with E-state index >= 15 is 0 Å². The second kappa shape index (κ2) is 6.92. The minimum Gasteiger partial charge on any atom is -0.466 e. The zero-order chi connectivity index (χ0) is 15.3. The lowest BCUT2D eigenvalue weighted by atomic mass is 9.82. The lowest BCUT2D eigenvalue weighted by Gasteiger charge is -2.34. The molecule has 2 N–H and O–H groups in total. The molecule has 0 unspecified atom stereocenters. The fourth-order valence-corrected chi connectivity index (χ4v) is 2.33. The standard InChI is InChI=1S/C14H25NO5/c1-5-19-12(17)9-7-6-8-10(16)11(9)15-13(18)20-14(2,3)4/h9-11,16H,5-8H2,1-4H3,(H,15,18)/t9-,10-,11+/m0/s1. The van der Waals surface area contributed by atoms with Gasteiger partial charge in [-0.2, -0.15) is 0 Å². The van der Waals surface area contributed by atoms with E-state index in [-0.39, 0.29) is 12.6 Å². The third kappa shape index (κ3) is 5.00. The van der Waals surface area contributed by atoms with Crippen molar-refractivity contribution >= 4 is 12.1 Å². The van der Waals surface area contributed by atoms with E-state index in [4.69, 9.17) is 9.47 Å². The van der Waals surface area contributed by atoms with Gasteiger partial charge < -0.3 is 19.9 Å². The van der Waals surface area contributed by atoms with Gasteiger partial charge in [0, 0.05) is 0 Å². The second-order valence-corrected chi connectivity index (χ2v) is 6.03. The Morgan fingerprint density at radius 1 is 1.30 bits per heavy atom. The summed E-state index contributed by atoms with van der Waals surface area (Å²) in [6.45, 7) is 7.28. The third-order valence-electron chi connectivity index (χ3n) is 3.14. The van der Waals surface area contributed by atoms with Gasteiger partial charge >= 0.3 is 12.1 Å². The maximum Gasteiger partial charge on any atom is 0.407 e. The van der Waals surface area contributed by atoms with Crippen LogP contribution in [0.1, 0.15) is 47.0 Å². The summed E-state index contributed by atoms with van der Waals surface area (Å²) in [7, 11) is 0. The summed E-state index contributed by atoms with van der Waals surface area (Å²) in [4.78, 5) is 23.7. The smallest absolute Gasteiger partial charge is 0.407 e. The van der Waals surface area contributed by atoms with Gasteiger partial charge in [-0.15, -0.1) is 0 Å². The van der Waals surface area contributed by atoms with Gasteiger partial charge in [0.15, 0.2) is 0 Å². The van der Waals surface area contributed by atoms with Crippen LogP contribution in [0.25, 0.3) is 0 Å². The summed E-state index contributed by atoms with van der Waals surface area (Å²) in [6, 6.07) is -0.655. The van der Waals surface area contributed by atoms with Gasteiger partial charge in [-0.3, -0.25) is 4.79 Å². The van der Waals surface area contributed by atoms with Crippen molar-refractivity contribution in [1.82, 2.24) is 5.32 Å². The Kier molecular flexibility index (Phi) is 5.80. The Hall–Kier alpha value is -1.30. The molecule has 1 rings (SSSR count). The largest absolute Gasteiger partial charge is 0.466 e. The summed E-state index contributed by atoms with van der Waals surface area (Å²) >= 11 is 0. The van der Waals surface area contributed by atoms with E-state index in [0.29, 0.717) is 12.8 Å². The Balaban J connectivity index is 2.70. The van der Waals surface area contributed by atoms with Crippen molar-refractivity contribution < 1.29 is 24.2 Å². The van der Waals surface area contributed by atoms with Gasteiger partial charge in [-0.1, -0.05) is 0 Å². The molecule has 0 aliphatic heterocycles. The van der Waals surface area contributed by atoms with Crippen LogP contribution in [-0.4, -0.2) is 41.5 Å². The Bertz CT molecular complexity index is 350. The molecule has 0 spiro atoms. The lowest BCUT2D eigenvalue weighted by molar-refractivity contribution is -0.152. The molecular formula is C14H25NO5. The molecule has 1 aliphatic carbocycles. The topological polar surface area (TPSA) is 84.9 Å². The molecule has 1 fully saturated rings. The average Bonchev–Trinajstić information content (AvgIpc) is 2.29. The van der Waals surface area contributed by atoms with Gasteiger partial charge in [0.1, 0.15) is 5.60 Å². The maximum absolute atomic E-state index is 11.9. The van der Waals surface area contributed by atoms with E-state index in [1.807, 2.05) is 0 Å². The summed E-state index contributed by atoms with van der Waals surface area (Å²) < 4.78 is 10.2. The molecule has 1 amide bonds. The molecular weight excluding hydrogens is 262 g/mol. The van der Waals surface area contributed by atoms with Crippen LogP contribution in [0.4, 0.5) is 4.79 Å². The number of nitrogens with one attached hydrogen (secondary N) is 1. The first-order valence-electron chi connectivity index (χ1n) is 7.09. The Labute approximate surface area is 119 Å². The van der Waals surface area contributed by atoms with Crippen molar-refractivity contribution in [1.29, 1.82) is 0 Å². The second-order valence-electron chi connectivity index (χ2n) is 6.03. The highest BCUT2D eigenvalue weighted by Gasteiger charge is 2.39. The molecule has 3 atom stereocenters. The van der Waals surface area contributed by atoms with Crippen LogP contribution in [0.5, 0.6) is 0 Å². The van der Waals surface area contributed by atoms with E-state index in [1.54, 1.807) is 27.7 Å². The van der Waals surface area contributed by atoms with Gasteiger partial charge in [0.2, 0.25) is 0 Å². The van der Waals surface area contributed by atoms with Gasteiger partial charge in [-0.25, -0.2) is 4.79 Å². The normalized spacial score (nSPS) is 26.8. The highest BCUT2D eigenvalue weighted by Crippen LogP contribution is 2.26. The van der Waals surface area contributed by atoms with Crippen LogP contribution in [0.15, 0.2) is 0 Å². The van der Waals surface area contributed by atoms with Crippen LogP contribution < -0.4 is 5.32 Å². The predicted molar refractivity (Wildman–Crippen MR) is 73.1 cm³/mol. The van der Waals surface area contributed by atoms with Crippen molar-refractivity contribution in [2.75, 3.05) is 6.61 Å². The number of carbonyl (C=O) groups excluding carboxylic acids is 2. The van der Waals surface area contributed by atoms with E-state index in [0.717, 1.165) is 6.42 Å². The molecule has 6 nitrogen and oxygen atoms in total. The molecule has 1 aliphatic rings. The van der Waals surface area contributed by atoms with Gasteiger partial charge in [0.25, 0.3) is 0 Å². The number of alkyl carbamates (subject to hydrolysis) is 1. The summed E-state index contributed by atoms with van der Waals surface area (Å²) in [6.07, 6.45) is 0.493. The van der Waals surface area contributed by atoms with Crippen LogP contribution in [0, 0.1) is 5.92 Å². The molecule has 0 saturated heterocycles. The average molecular weight is 287 g/mol. The highest BCUT2D eigenvalue weighted by atomic mass is 16.6. The SMILES string of the molecule is CCOC(=O)[C@H]1CCC[C@H](O)[C@@H]1NC(=O)OC(C)(C)C. The zero-order valence-electron chi connectivity index (χ0n) is 12.6. The van der Waals surface area contributed by atoms with Gasteiger partial charge in [0.05, 0.1) is 24.7 Å². The molecule has 20 heavy (non-hydrogen) atoms. The first kappa shape index (κ1) is 16.8. The van der Waals surface area contributed by atoms with Crippen molar-refractivity contribution in [3.8, 4) is 0 Å². The maximum atomic E-state index is 11.9. The molecule has 0 bridgehead atoms. The highest BCUT2D eigenvalue weighted by molar-refractivity contribution is 5.75. The quantitative estimate of drug-likeness (QED) is 0.770. The number of carbonyl (C=O) groups is 2. The zero-order valence-corrected chi connectivity index (χ0v) is 12.6. The van der Waals surface area contributed by atoms with Crippen LogP contribution in [-0.2, 0) is 14.3 Å². The van der Waals surface area contributed by atoms with Crippen molar-refractivity contribution in [3.63, 3.8) is 0 Å². The minimum absolute atomic E-state index is 0.282. The van der Waals surface area contributed by atoms with Crippen LogP contribution in [0.3, 0.4) is 0 Å². The molecule has 0 heterocycles. The number of rotatable bonds is 3. The number of esters is 1. The fraction of sp³-hybridized carbons (Fsp3) is 0.857. The number of aliphatic hydroxyl groups is 1. The molecule has 0 aromatic rings. The molecule has 1 saturated carbocycles. The van der Waals surface area contributed by atoms with Crippen LogP contribution in [0.2, 0.25) is 0 Å². The van der Waals surface area contributed by atoms with Crippen molar-refractivity contribution in [3.05, 3.63) is 0 Å². The van der Waals surface area contributed by atoms with Crippen molar-refractivity contribution in [2.45, 2.75) is 64.7 Å². The molecule has 0 aromatic heterocycles. The molecule has 0 aromatic carbocycles. The van der Waals surface area contributed by atoms with E-state index in [2.05, 4.69) is 5.32 Å². The number of hydrogen-bond donors (Lipinski definition) is 2. The Morgan fingerprint density at radius 3 is 2.50 bits per heavy atom. The minimum atomic E-state index is -0.759. The molecule has 0 radical (unpaired) electrons. The monoisotopic (exact) mass is 287 g/mol. The number of aliphatic hydroxyl groups excluding tert-OH is 1. The van der Waals surface area contributed by atoms with Crippen LogP contribution >= 0.6 is 0 Å². The Morgan fingerprint density at radius 2 is 1.95 bits per heavy atom.